The fourth-order valence-corrected chi connectivity index (χ4v) is 2.81. The molecule has 0 atom stereocenters. The molecular formula is C16H21FN4. The van der Waals surface area contributed by atoms with E-state index in [0.717, 1.165) is 43.1 Å². The summed E-state index contributed by atoms with van der Waals surface area (Å²) in [5.41, 5.74) is 3.92. The molecule has 112 valence electrons. The molecule has 3 rings (SSSR count). The molecule has 0 radical (unpaired) electrons. The smallest absolute Gasteiger partial charge is 0.146 e. The van der Waals surface area contributed by atoms with Crippen LogP contribution in [-0.4, -0.2) is 36.0 Å². The van der Waals surface area contributed by atoms with Gasteiger partial charge in [0.15, 0.2) is 0 Å². The number of piperazine rings is 1. The number of nitrogens with zero attached hydrogens (tertiary/aromatic N) is 3. The van der Waals surface area contributed by atoms with Crippen LogP contribution < -0.4 is 10.2 Å². The molecule has 1 aliphatic rings. The summed E-state index contributed by atoms with van der Waals surface area (Å²) in [6, 6.07) is 7.42. The van der Waals surface area contributed by atoms with Crippen molar-refractivity contribution >= 4 is 5.69 Å². The average Bonchev–Trinajstić information content (AvgIpc) is 2.80. The third kappa shape index (κ3) is 3.08. The molecule has 0 amide bonds. The molecule has 1 fully saturated rings. The van der Waals surface area contributed by atoms with Crippen molar-refractivity contribution in [3.63, 3.8) is 0 Å². The zero-order valence-electron chi connectivity index (χ0n) is 12.6. The molecule has 21 heavy (non-hydrogen) atoms. The van der Waals surface area contributed by atoms with Gasteiger partial charge in [-0.2, -0.15) is 5.10 Å². The number of benzene rings is 1. The lowest BCUT2D eigenvalue weighted by molar-refractivity contribution is 0.565. The van der Waals surface area contributed by atoms with E-state index in [1.807, 2.05) is 30.7 Å². The summed E-state index contributed by atoms with van der Waals surface area (Å²) in [6.07, 6.45) is 0. The third-order valence-electron chi connectivity index (χ3n) is 3.90. The summed E-state index contributed by atoms with van der Waals surface area (Å²) in [4.78, 5) is 2.11. The molecule has 0 saturated carbocycles. The molecule has 0 aliphatic carbocycles. The van der Waals surface area contributed by atoms with E-state index in [2.05, 4.69) is 21.4 Å². The van der Waals surface area contributed by atoms with E-state index in [0.29, 0.717) is 12.2 Å². The number of aromatic nitrogens is 2. The van der Waals surface area contributed by atoms with Crippen LogP contribution >= 0.6 is 0 Å². The zero-order chi connectivity index (χ0) is 14.8. The molecule has 5 heteroatoms. The Morgan fingerprint density at radius 3 is 2.62 bits per heavy atom. The Kier molecular flexibility index (Phi) is 3.92. The van der Waals surface area contributed by atoms with Crippen molar-refractivity contribution < 1.29 is 4.39 Å². The van der Waals surface area contributed by atoms with Crippen molar-refractivity contribution in [2.45, 2.75) is 20.4 Å². The number of aryl methyl sites for hydroxylation is 2. The van der Waals surface area contributed by atoms with Crippen LogP contribution in [0.4, 0.5) is 10.1 Å². The minimum Gasteiger partial charge on any atom is -0.367 e. The zero-order valence-corrected chi connectivity index (χ0v) is 12.6. The first-order chi connectivity index (χ1) is 10.1. The molecule has 0 unspecified atom stereocenters. The van der Waals surface area contributed by atoms with Crippen LogP contribution in [0, 0.1) is 19.7 Å². The molecule has 0 bridgehead atoms. The van der Waals surface area contributed by atoms with Crippen molar-refractivity contribution in [3.05, 3.63) is 47.0 Å². The van der Waals surface area contributed by atoms with Gasteiger partial charge in [-0.05, 0) is 37.6 Å². The van der Waals surface area contributed by atoms with E-state index in [9.17, 15) is 4.39 Å². The van der Waals surface area contributed by atoms with Crippen molar-refractivity contribution in [2.24, 2.45) is 0 Å². The maximum absolute atomic E-state index is 14.1. The van der Waals surface area contributed by atoms with Crippen LogP contribution in [0.3, 0.4) is 0 Å². The Balaban J connectivity index is 1.84. The van der Waals surface area contributed by atoms with E-state index >= 15 is 0 Å². The van der Waals surface area contributed by atoms with E-state index in [-0.39, 0.29) is 5.82 Å². The van der Waals surface area contributed by atoms with Gasteiger partial charge in [0.1, 0.15) is 5.82 Å². The van der Waals surface area contributed by atoms with Crippen molar-refractivity contribution in [3.8, 4) is 0 Å². The van der Waals surface area contributed by atoms with E-state index < -0.39 is 0 Å². The fourth-order valence-electron chi connectivity index (χ4n) is 2.81. The molecule has 1 aromatic carbocycles. The van der Waals surface area contributed by atoms with Gasteiger partial charge in [-0.3, -0.25) is 4.68 Å². The first kappa shape index (κ1) is 14.1. The number of nitrogens with one attached hydrogen (secondary N) is 1. The summed E-state index contributed by atoms with van der Waals surface area (Å²) in [6.45, 7) is 8.21. The second kappa shape index (κ2) is 5.85. The Bertz CT molecular complexity index is 629. The number of hydrogen-bond acceptors (Lipinski definition) is 3. The molecule has 2 heterocycles. The topological polar surface area (TPSA) is 33.1 Å². The molecule has 1 saturated heterocycles. The normalized spacial score (nSPS) is 15.5. The van der Waals surface area contributed by atoms with E-state index in [1.165, 1.54) is 0 Å². The molecule has 1 aliphatic heterocycles. The second-order valence-corrected chi connectivity index (χ2v) is 5.61. The largest absolute Gasteiger partial charge is 0.367 e. The van der Waals surface area contributed by atoms with Crippen LogP contribution in [0.1, 0.15) is 17.0 Å². The third-order valence-corrected chi connectivity index (χ3v) is 3.90. The maximum atomic E-state index is 14.1. The number of halogens is 1. The molecule has 1 N–H and O–H groups in total. The standard InChI is InChI=1S/C16H21FN4/c1-12-9-13(2)21(19-12)11-14-3-4-15(17)16(10-14)20-7-5-18-6-8-20/h3-4,9-10,18H,5-8,11H2,1-2H3. The minimum absolute atomic E-state index is 0.144. The van der Waals surface area contributed by atoms with Crippen molar-refractivity contribution in [1.29, 1.82) is 0 Å². The summed E-state index contributed by atoms with van der Waals surface area (Å²) in [5, 5.41) is 7.76. The lowest BCUT2D eigenvalue weighted by Gasteiger charge is -2.30. The molecule has 4 nitrogen and oxygen atoms in total. The molecule has 1 aromatic heterocycles. The number of hydrogen-bond donors (Lipinski definition) is 1. The molecular weight excluding hydrogens is 267 g/mol. The highest BCUT2D eigenvalue weighted by molar-refractivity contribution is 5.50. The van der Waals surface area contributed by atoms with E-state index in [4.69, 9.17) is 0 Å². The van der Waals surface area contributed by atoms with Crippen LogP contribution in [0.2, 0.25) is 0 Å². The average molecular weight is 288 g/mol. The Morgan fingerprint density at radius 2 is 1.95 bits per heavy atom. The number of rotatable bonds is 3. The molecule has 2 aromatic rings. The summed E-state index contributed by atoms with van der Waals surface area (Å²) in [7, 11) is 0. The van der Waals surface area contributed by atoms with Gasteiger partial charge in [-0.25, -0.2) is 4.39 Å². The van der Waals surface area contributed by atoms with Crippen molar-refractivity contribution in [1.82, 2.24) is 15.1 Å². The van der Waals surface area contributed by atoms with Crippen molar-refractivity contribution in [2.75, 3.05) is 31.1 Å². The highest BCUT2D eigenvalue weighted by Gasteiger charge is 2.15. The van der Waals surface area contributed by atoms with Gasteiger partial charge in [0.05, 0.1) is 17.9 Å². The summed E-state index contributed by atoms with van der Waals surface area (Å²) < 4.78 is 16.1. The van der Waals surface area contributed by atoms with Gasteiger partial charge in [-0.15, -0.1) is 0 Å². The maximum Gasteiger partial charge on any atom is 0.146 e. The summed E-state index contributed by atoms with van der Waals surface area (Å²) in [5.74, 6) is -0.144. The van der Waals surface area contributed by atoms with Gasteiger partial charge in [-0.1, -0.05) is 6.07 Å². The van der Waals surface area contributed by atoms with Gasteiger partial charge in [0.2, 0.25) is 0 Å². The predicted molar refractivity (Wildman–Crippen MR) is 82.3 cm³/mol. The fraction of sp³-hybridized carbons (Fsp3) is 0.438. The SMILES string of the molecule is Cc1cc(C)n(Cc2ccc(F)c(N3CCNCC3)c2)n1. The van der Waals surface area contributed by atoms with Crippen LogP contribution in [0.25, 0.3) is 0 Å². The lowest BCUT2D eigenvalue weighted by atomic mass is 10.1. The number of anilines is 1. The Morgan fingerprint density at radius 1 is 1.19 bits per heavy atom. The van der Waals surface area contributed by atoms with E-state index in [1.54, 1.807) is 6.07 Å². The summed E-state index contributed by atoms with van der Waals surface area (Å²) >= 11 is 0. The van der Waals surface area contributed by atoms with Crippen LogP contribution in [-0.2, 0) is 6.54 Å². The lowest BCUT2D eigenvalue weighted by Crippen LogP contribution is -2.43. The van der Waals surface area contributed by atoms with Crippen LogP contribution in [0.5, 0.6) is 0 Å². The molecule has 0 spiro atoms. The van der Waals surface area contributed by atoms with Crippen LogP contribution in [0.15, 0.2) is 24.3 Å². The van der Waals surface area contributed by atoms with Gasteiger partial charge < -0.3 is 10.2 Å². The van der Waals surface area contributed by atoms with Gasteiger partial charge in [0, 0.05) is 31.9 Å². The second-order valence-electron chi connectivity index (χ2n) is 5.61. The monoisotopic (exact) mass is 288 g/mol. The quantitative estimate of drug-likeness (QED) is 0.939. The Hall–Kier alpha value is -1.88. The highest BCUT2D eigenvalue weighted by Crippen LogP contribution is 2.22. The first-order valence-corrected chi connectivity index (χ1v) is 7.38. The Labute approximate surface area is 124 Å². The minimum atomic E-state index is -0.144. The van der Waals surface area contributed by atoms with Gasteiger partial charge in [0.25, 0.3) is 0 Å². The first-order valence-electron chi connectivity index (χ1n) is 7.38. The predicted octanol–water partition coefficient (Wildman–Crippen LogP) is 2.10. The highest BCUT2D eigenvalue weighted by atomic mass is 19.1. The van der Waals surface area contributed by atoms with Gasteiger partial charge >= 0.3 is 0 Å².